The summed E-state index contributed by atoms with van der Waals surface area (Å²) in [6.45, 7) is 0. The first-order chi connectivity index (χ1) is 23.8. The van der Waals surface area contributed by atoms with Gasteiger partial charge in [-0.3, -0.25) is 0 Å². The minimum Gasteiger partial charge on any atom is -0.453 e. The SMILES string of the molecule is c1ccc2c(c1)Oc1ccccc1N2c1cc(-c2ccc3c4ccccc4c4ccccc4c3c2)cc(-c2cccc3ccccc23)c1. The van der Waals surface area contributed by atoms with Gasteiger partial charge in [0.05, 0.1) is 11.4 Å². The molecule has 0 fully saturated rings. The highest BCUT2D eigenvalue weighted by atomic mass is 16.5. The molecule has 2 heteroatoms. The predicted molar refractivity (Wildman–Crippen MR) is 202 cm³/mol. The maximum absolute atomic E-state index is 6.40. The molecule has 2 nitrogen and oxygen atoms in total. The van der Waals surface area contributed by atoms with Crippen molar-refractivity contribution < 1.29 is 4.74 Å². The van der Waals surface area contributed by atoms with E-state index in [4.69, 9.17) is 4.74 Å². The summed E-state index contributed by atoms with van der Waals surface area (Å²) in [6.07, 6.45) is 0. The van der Waals surface area contributed by atoms with Gasteiger partial charge in [0.25, 0.3) is 0 Å². The normalized spacial score (nSPS) is 12.3. The predicted octanol–water partition coefficient (Wildman–Crippen LogP) is 13.2. The van der Waals surface area contributed by atoms with Gasteiger partial charge in [-0.2, -0.15) is 0 Å². The Bertz CT molecular complexity index is 2640. The van der Waals surface area contributed by atoms with E-state index in [0.717, 1.165) is 34.1 Å². The number of fused-ring (bicyclic) bond motifs is 9. The lowest BCUT2D eigenvalue weighted by molar-refractivity contribution is 0.477. The molecule has 0 spiro atoms. The molecule has 1 aliphatic heterocycles. The van der Waals surface area contributed by atoms with Gasteiger partial charge >= 0.3 is 0 Å². The second-order valence-electron chi connectivity index (χ2n) is 12.5. The summed E-state index contributed by atoms with van der Waals surface area (Å²) in [6, 6.07) is 63.4. The van der Waals surface area contributed by atoms with Crippen LogP contribution in [0.15, 0.2) is 176 Å². The zero-order chi connectivity index (χ0) is 31.6. The van der Waals surface area contributed by atoms with Gasteiger partial charge in [0.2, 0.25) is 0 Å². The van der Waals surface area contributed by atoms with E-state index in [-0.39, 0.29) is 0 Å². The van der Waals surface area contributed by atoms with Gasteiger partial charge in [0.1, 0.15) is 0 Å². The molecule has 0 bridgehead atoms. The Morgan fingerprint density at radius 1 is 0.333 bits per heavy atom. The van der Waals surface area contributed by atoms with Gasteiger partial charge in [-0.1, -0.05) is 127 Å². The van der Waals surface area contributed by atoms with Crippen molar-refractivity contribution in [3.8, 4) is 33.8 Å². The largest absolute Gasteiger partial charge is 0.453 e. The summed E-state index contributed by atoms with van der Waals surface area (Å²) in [7, 11) is 0. The molecule has 0 aromatic heterocycles. The van der Waals surface area contributed by atoms with Crippen LogP contribution in [-0.2, 0) is 0 Å². The number of nitrogens with zero attached hydrogens (tertiary/aromatic N) is 1. The molecule has 9 aromatic rings. The van der Waals surface area contributed by atoms with Crippen molar-refractivity contribution in [2.24, 2.45) is 0 Å². The van der Waals surface area contributed by atoms with Crippen LogP contribution in [0.1, 0.15) is 0 Å². The molecular formula is C46H29NO. The lowest BCUT2D eigenvalue weighted by Gasteiger charge is -2.33. The molecule has 0 saturated carbocycles. The molecule has 10 rings (SSSR count). The van der Waals surface area contributed by atoms with Gasteiger partial charge in [-0.25, -0.2) is 0 Å². The Morgan fingerprint density at radius 2 is 0.854 bits per heavy atom. The van der Waals surface area contributed by atoms with E-state index in [9.17, 15) is 0 Å². The third-order valence-corrected chi connectivity index (χ3v) is 9.79. The monoisotopic (exact) mass is 611 g/mol. The topological polar surface area (TPSA) is 12.5 Å². The van der Waals surface area contributed by atoms with Crippen molar-refractivity contribution in [2.45, 2.75) is 0 Å². The molecule has 9 aromatic carbocycles. The zero-order valence-electron chi connectivity index (χ0n) is 26.1. The highest BCUT2D eigenvalue weighted by molar-refractivity contribution is 6.25. The Morgan fingerprint density at radius 3 is 1.54 bits per heavy atom. The average Bonchev–Trinajstić information content (AvgIpc) is 3.16. The summed E-state index contributed by atoms with van der Waals surface area (Å²) in [5, 5.41) is 10.1. The molecule has 0 amide bonds. The Hall–Kier alpha value is -6.38. The van der Waals surface area contributed by atoms with Gasteiger partial charge < -0.3 is 9.64 Å². The minimum absolute atomic E-state index is 0.845. The first kappa shape index (κ1) is 26.8. The lowest BCUT2D eigenvalue weighted by Crippen LogP contribution is -2.15. The van der Waals surface area contributed by atoms with Crippen molar-refractivity contribution in [1.82, 2.24) is 0 Å². The molecular weight excluding hydrogens is 583 g/mol. The van der Waals surface area contributed by atoms with Gasteiger partial charge in [0.15, 0.2) is 11.5 Å². The van der Waals surface area contributed by atoms with E-state index in [1.807, 2.05) is 24.3 Å². The molecule has 48 heavy (non-hydrogen) atoms. The van der Waals surface area contributed by atoms with Crippen LogP contribution in [0.3, 0.4) is 0 Å². The first-order valence-corrected chi connectivity index (χ1v) is 16.4. The van der Waals surface area contributed by atoms with Gasteiger partial charge in [0, 0.05) is 5.69 Å². The molecule has 0 aliphatic carbocycles. The number of rotatable bonds is 3. The second kappa shape index (κ2) is 10.6. The molecule has 1 heterocycles. The van der Waals surface area contributed by atoms with Crippen LogP contribution in [0.2, 0.25) is 0 Å². The summed E-state index contributed by atoms with van der Waals surface area (Å²) >= 11 is 0. The van der Waals surface area contributed by atoms with E-state index < -0.39 is 0 Å². The molecule has 0 radical (unpaired) electrons. The molecule has 0 unspecified atom stereocenters. The Balaban J connectivity index is 1.27. The van der Waals surface area contributed by atoms with Crippen molar-refractivity contribution in [3.63, 3.8) is 0 Å². The van der Waals surface area contributed by atoms with Gasteiger partial charge in [-0.05, 0) is 114 Å². The molecule has 0 N–H and O–H groups in total. The highest BCUT2D eigenvalue weighted by Crippen LogP contribution is 2.51. The number of benzene rings is 9. The zero-order valence-corrected chi connectivity index (χ0v) is 26.1. The van der Waals surface area contributed by atoms with Crippen LogP contribution in [0, 0.1) is 0 Å². The smallest absolute Gasteiger partial charge is 0.151 e. The van der Waals surface area contributed by atoms with E-state index in [1.54, 1.807) is 0 Å². The number of hydrogen-bond donors (Lipinski definition) is 0. The van der Waals surface area contributed by atoms with Crippen molar-refractivity contribution >= 4 is 60.2 Å². The van der Waals surface area contributed by atoms with Crippen LogP contribution in [-0.4, -0.2) is 0 Å². The Kier molecular flexibility index (Phi) is 5.91. The van der Waals surface area contributed by atoms with E-state index >= 15 is 0 Å². The van der Waals surface area contributed by atoms with Crippen LogP contribution < -0.4 is 9.64 Å². The fourth-order valence-corrected chi connectivity index (χ4v) is 7.61. The average molecular weight is 612 g/mol. The summed E-state index contributed by atoms with van der Waals surface area (Å²) in [5.74, 6) is 1.69. The van der Waals surface area contributed by atoms with Crippen molar-refractivity contribution in [2.75, 3.05) is 4.90 Å². The summed E-state index contributed by atoms with van der Waals surface area (Å²) in [4.78, 5) is 2.34. The summed E-state index contributed by atoms with van der Waals surface area (Å²) in [5.41, 5.74) is 7.85. The van der Waals surface area contributed by atoms with Crippen molar-refractivity contribution in [3.05, 3.63) is 176 Å². The lowest BCUT2D eigenvalue weighted by atomic mass is 9.90. The fraction of sp³-hybridized carbons (Fsp3) is 0. The minimum atomic E-state index is 0.845. The molecule has 224 valence electrons. The van der Waals surface area contributed by atoms with Crippen LogP contribution in [0.4, 0.5) is 17.1 Å². The van der Waals surface area contributed by atoms with E-state index in [1.165, 1.54) is 59.8 Å². The summed E-state index contributed by atoms with van der Waals surface area (Å²) < 4.78 is 6.40. The number of hydrogen-bond acceptors (Lipinski definition) is 2. The quantitative estimate of drug-likeness (QED) is 0.184. The number of ether oxygens (including phenoxy) is 1. The number of para-hydroxylation sites is 4. The van der Waals surface area contributed by atoms with E-state index in [2.05, 4.69) is 157 Å². The van der Waals surface area contributed by atoms with Crippen LogP contribution in [0.25, 0.3) is 65.3 Å². The maximum atomic E-state index is 6.40. The molecule has 0 atom stereocenters. The van der Waals surface area contributed by atoms with Crippen LogP contribution >= 0.6 is 0 Å². The van der Waals surface area contributed by atoms with Crippen LogP contribution in [0.5, 0.6) is 11.5 Å². The highest BCUT2D eigenvalue weighted by Gasteiger charge is 2.26. The standard InChI is InChI=1S/C46H29NO/c1-2-14-35-30(12-1)13-11-19-36(35)33-26-32(27-34(28-33)47-43-20-7-9-22-45(43)48-46-23-10-8-21-44(46)47)31-24-25-41-39-17-4-3-15-37(39)38-16-5-6-18-40(38)42(41)29-31/h1-29H. The van der Waals surface area contributed by atoms with Gasteiger partial charge in [-0.15, -0.1) is 0 Å². The Labute approximate surface area is 278 Å². The second-order valence-corrected chi connectivity index (χ2v) is 12.5. The molecule has 1 aliphatic rings. The van der Waals surface area contributed by atoms with Crippen molar-refractivity contribution in [1.29, 1.82) is 0 Å². The van der Waals surface area contributed by atoms with E-state index in [0.29, 0.717) is 0 Å². The fourth-order valence-electron chi connectivity index (χ4n) is 7.61. The first-order valence-electron chi connectivity index (χ1n) is 16.4. The molecule has 0 saturated heterocycles. The third kappa shape index (κ3) is 4.13. The maximum Gasteiger partial charge on any atom is 0.151 e. The third-order valence-electron chi connectivity index (χ3n) is 9.79. The number of anilines is 3.